The van der Waals surface area contributed by atoms with Crippen molar-refractivity contribution in [2.75, 3.05) is 19.0 Å². The number of nitrogens with zero attached hydrogens (tertiary/aromatic N) is 3. The molecule has 0 aliphatic carbocycles. The molecule has 0 aliphatic rings. The molecule has 1 heterocycles. The zero-order valence-electron chi connectivity index (χ0n) is 13.0. The fourth-order valence-corrected chi connectivity index (χ4v) is 2.34. The molecule has 3 rings (SSSR count). The van der Waals surface area contributed by atoms with Gasteiger partial charge in [0.1, 0.15) is 0 Å². The minimum absolute atomic E-state index is 0.257. The molecule has 116 valence electrons. The standard InChI is InChI=1S/C18H17N3O2/c1-20(2)15-8-6-13(7-9-15)17-11-21(12-19-17)16-5-3-4-14(10-16)18(22)23/h3-12H,1-2H3,(H,22,23). The van der Waals surface area contributed by atoms with Crippen LogP contribution >= 0.6 is 0 Å². The molecule has 1 aromatic heterocycles. The summed E-state index contributed by atoms with van der Waals surface area (Å²) in [7, 11) is 4.00. The number of hydrogen-bond acceptors (Lipinski definition) is 3. The van der Waals surface area contributed by atoms with Gasteiger partial charge in [-0.2, -0.15) is 0 Å². The number of aromatic nitrogens is 2. The first-order valence-corrected chi connectivity index (χ1v) is 7.20. The van der Waals surface area contributed by atoms with E-state index in [9.17, 15) is 4.79 Å². The number of carbonyl (C=O) groups is 1. The zero-order chi connectivity index (χ0) is 16.4. The van der Waals surface area contributed by atoms with Crippen LogP contribution in [0.4, 0.5) is 5.69 Å². The van der Waals surface area contributed by atoms with Crippen LogP contribution in [0.2, 0.25) is 0 Å². The zero-order valence-corrected chi connectivity index (χ0v) is 13.0. The monoisotopic (exact) mass is 307 g/mol. The van der Waals surface area contributed by atoms with Gasteiger partial charge in [-0.1, -0.05) is 18.2 Å². The fraction of sp³-hybridized carbons (Fsp3) is 0.111. The molecule has 0 fully saturated rings. The highest BCUT2D eigenvalue weighted by Gasteiger charge is 2.07. The van der Waals surface area contributed by atoms with Crippen molar-refractivity contribution < 1.29 is 9.90 Å². The van der Waals surface area contributed by atoms with E-state index in [-0.39, 0.29) is 5.56 Å². The van der Waals surface area contributed by atoms with Crippen molar-refractivity contribution in [3.8, 4) is 16.9 Å². The Morgan fingerprint density at radius 1 is 1.13 bits per heavy atom. The quantitative estimate of drug-likeness (QED) is 0.803. The average molecular weight is 307 g/mol. The van der Waals surface area contributed by atoms with Crippen molar-refractivity contribution in [1.82, 2.24) is 9.55 Å². The lowest BCUT2D eigenvalue weighted by molar-refractivity contribution is 0.0697. The van der Waals surface area contributed by atoms with E-state index in [4.69, 9.17) is 5.11 Å². The van der Waals surface area contributed by atoms with E-state index in [2.05, 4.69) is 4.98 Å². The van der Waals surface area contributed by atoms with Gasteiger partial charge in [0.2, 0.25) is 0 Å². The summed E-state index contributed by atoms with van der Waals surface area (Å²) < 4.78 is 1.82. The normalized spacial score (nSPS) is 10.5. The van der Waals surface area contributed by atoms with Gasteiger partial charge in [-0.15, -0.1) is 0 Å². The number of carboxylic acids is 1. The third-order valence-corrected chi connectivity index (χ3v) is 3.65. The molecule has 0 radical (unpaired) electrons. The molecule has 0 amide bonds. The predicted molar refractivity (Wildman–Crippen MR) is 90.3 cm³/mol. The Balaban J connectivity index is 1.91. The molecule has 0 spiro atoms. The van der Waals surface area contributed by atoms with Gasteiger partial charge in [0, 0.05) is 37.2 Å². The second-order valence-electron chi connectivity index (χ2n) is 5.46. The topological polar surface area (TPSA) is 58.4 Å². The third-order valence-electron chi connectivity index (χ3n) is 3.65. The van der Waals surface area contributed by atoms with E-state index in [1.165, 1.54) is 0 Å². The molecule has 23 heavy (non-hydrogen) atoms. The lowest BCUT2D eigenvalue weighted by Gasteiger charge is -2.12. The Kier molecular flexibility index (Phi) is 3.85. The maximum atomic E-state index is 11.1. The summed E-state index contributed by atoms with van der Waals surface area (Å²) in [6.45, 7) is 0. The Morgan fingerprint density at radius 2 is 1.87 bits per heavy atom. The molecule has 0 bridgehead atoms. The van der Waals surface area contributed by atoms with Crippen LogP contribution in [0.3, 0.4) is 0 Å². The van der Waals surface area contributed by atoms with E-state index >= 15 is 0 Å². The third kappa shape index (κ3) is 3.08. The SMILES string of the molecule is CN(C)c1ccc(-c2cn(-c3cccc(C(=O)O)c3)cn2)cc1. The second-order valence-corrected chi connectivity index (χ2v) is 5.46. The maximum Gasteiger partial charge on any atom is 0.335 e. The van der Waals surface area contributed by atoms with Gasteiger partial charge < -0.3 is 14.6 Å². The van der Waals surface area contributed by atoms with Crippen LogP contribution in [0.1, 0.15) is 10.4 Å². The molecule has 0 aliphatic heterocycles. The summed E-state index contributed by atoms with van der Waals surface area (Å²) >= 11 is 0. The number of carboxylic acid groups (broad SMARTS) is 1. The van der Waals surface area contributed by atoms with Gasteiger partial charge in [0.05, 0.1) is 17.6 Å². The Labute approximate surface area is 134 Å². The molecular weight excluding hydrogens is 290 g/mol. The number of benzene rings is 2. The first-order chi connectivity index (χ1) is 11.0. The number of hydrogen-bond donors (Lipinski definition) is 1. The van der Waals surface area contributed by atoms with Crippen molar-refractivity contribution in [3.05, 3.63) is 66.6 Å². The van der Waals surface area contributed by atoms with Crippen LogP contribution in [0.5, 0.6) is 0 Å². The molecule has 1 N–H and O–H groups in total. The summed E-state index contributed by atoms with van der Waals surface area (Å²) in [5, 5.41) is 9.08. The minimum atomic E-state index is -0.938. The van der Waals surface area contributed by atoms with Crippen molar-refractivity contribution in [2.45, 2.75) is 0 Å². The van der Waals surface area contributed by atoms with Gasteiger partial charge in [0.25, 0.3) is 0 Å². The average Bonchev–Trinajstić information content (AvgIpc) is 3.05. The molecule has 0 saturated heterocycles. The van der Waals surface area contributed by atoms with E-state index < -0.39 is 5.97 Å². The highest BCUT2D eigenvalue weighted by Crippen LogP contribution is 2.22. The lowest BCUT2D eigenvalue weighted by atomic mass is 10.1. The van der Waals surface area contributed by atoms with Gasteiger partial charge in [-0.3, -0.25) is 0 Å². The maximum absolute atomic E-state index is 11.1. The summed E-state index contributed by atoms with van der Waals surface area (Å²) in [5.41, 5.74) is 4.02. The van der Waals surface area contributed by atoms with Crippen LogP contribution in [0.15, 0.2) is 61.1 Å². The number of anilines is 1. The van der Waals surface area contributed by atoms with Crippen LogP contribution in [0, 0.1) is 0 Å². The molecule has 0 atom stereocenters. The van der Waals surface area contributed by atoms with Crippen LogP contribution in [-0.2, 0) is 0 Å². The van der Waals surface area contributed by atoms with Crippen LogP contribution < -0.4 is 4.90 Å². The molecule has 3 aromatic rings. The highest BCUT2D eigenvalue weighted by atomic mass is 16.4. The molecular formula is C18H17N3O2. The highest BCUT2D eigenvalue weighted by molar-refractivity contribution is 5.88. The fourth-order valence-electron chi connectivity index (χ4n) is 2.34. The Hall–Kier alpha value is -3.08. The largest absolute Gasteiger partial charge is 0.478 e. The van der Waals surface area contributed by atoms with Crippen molar-refractivity contribution in [2.24, 2.45) is 0 Å². The summed E-state index contributed by atoms with van der Waals surface area (Å²) in [4.78, 5) is 17.5. The first-order valence-electron chi connectivity index (χ1n) is 7.20. The lowest BCUT2D eigenvalue weighted by Crippen LogP contribution is -2.07. The molecule has 2 aromatic carbocycles. The molecule has 0 saturated carbocycles. The van der Waals surface area contributed by atoms with E-state index in [1.807, 2.05) is 60.1 Å². The van der Waals surface area contributed by atoms with Gasteiger partial charge >= 0.3 is 5.97 Å². The minimum Gasteiger partial charge on any atom is -0.478 e. The Bertz CT molecular complexity index is 835. The summed E-state index contributed by atoms with van der Waals surface area (Å²) in [6, 6.07) is 14.9. The predicted octanol–water partition coefficient (Wildman–Crippen LogP) is 3.30. The smallest absolute Gasteiger partial charge is 0.335 e. The van der Waals surface area contributed by atoms with Crippen LogP contribution in [0.25, 0.3) is 16.9 Å². The Morgan fingerprint density at radius 3 is 2.52 bits per heavy atom. The van der Waals surface area contributed by atoms with Gasteiger partial charge in [0.15, 0.2) is 0 Å². The summed E-state index contributed by atoms with van der Waals surface area (Å²) in [6.07, 6.45) is 3.59. The van der Waals surface area contributed by atoms with Crippen molar-refractivity contribution >= 4 is 11.7 Å². The first kappa shape index (κ1) is 14.8. The molecule has 0 unspecified atom stereocenters. The van der Waals surface area contributed by atoms with Crippen LogP contribution in [-0.4, -0.2) is 34.7 Å². The second kappa shape index (κ2) is 5.96. The van der Waals surface area contributed by atoms with E-state index in [0.717, 1.165) is 22.6 Å². The number of rotatable bonds is 4. The van der Waals surface area contributed by atoms with E-state index in [0.29, 0.717) is 0 Å². The number of imidazole rings is 1. The van der Waals surface area contributed by atoms with Crippen molar-refractivity contribution in [3.63, 3.8) is 0 Å². The molecule has 5 heteroatoms. The summed E-state index contributed by atoms with van der Waals surface area (Å²) in [5.74, 6) is -0.938. The van der Waals surface area contributed by atoms with Gasteiger partial charge in [-0.05, 0) is 30.3 Å². The van der Waals surface area contributed by atoms with Crippen molar-refractivity contribution in [1.29, 1.82) is 0 Å². The number of aromatic carboxylic acids is 1. The van der Waals surface area contributed by atoms with E-state index in [1.54, 1.807) is 24.5 Å². The van der Waals surface area contributed by atoms with Gasteiger partial charge in [-0.25, -0.2) is 9.78 Å². The molecule has 5 nitrogen and oxygen atoms in total.